The number of carbonyl (C=O) groups excluding carboxylic acids is 2. The number of ketones is 1. The largest absolute Gasteiger partial charge is 0.493 e. The van der Waals surface area contributed by atoms with Gasteiger partial charge in [-0.05, 0) is 18.6 Å². The third kappa shape index (κ3) is 7.70. The number of benzene rings is 1. The Labute approximate surface area is 189 Å². The maximum Gasteiger partial charge on any atom is 0.347 e. The summed E-state index contributed by atoms with van der Waals surface area (Å²) in [4.78, 5) is 36.6. The topological polar surface area (TPSA) is 92.0 Å². The van der Waals surface area contributed by atoms with E-state index in [-0.39, 0.29) is 17.6 Å². The second-order valence-corrected chi connectivity index (χ2v) is 7.85. The summed E-state index contributed by atoms with van der Waals surface area (Å²) in [5, 5.41) is 0.506. The van der Waals surface area contributed by atoms with Crippen LogP contribution in [0.15, 0.2) is 27.4 Å². The van der Waals surface area contributed by atoms with E-state index in [2.05, 4.69) is 6.92 Å². The molecule has 7 heteroatoms. The molecule has 0 saturated heterocycles. The summed E-state index contributed by atoms with van der Waals surface area (Å²) >= 11 is 0. The molecule has 0 atom stereocenters. The lowest BCUT2D eigenvalue weighted by Crippen LogP contribution is -2.20. The number of fused-ring (bicyclic) bond motifs is 1. The van der Waals surface area contributed by atoms with Crippen LogP contribution in [0.3, 0.4) is 0 Å². The lowest BCUT2D eigenvalue weighted by atomic mass is 10.1. The van der Waals surface area contributed by atoms with Crippen LogP contribution in [0.25, 0.3) is 11.0 Å². The highest BCUT2D eigenvalue weighted by atomic mass is 16.5. The summed E-state index contributed by atoms with van der Waals surface area (Å²) in [6.45, 7) is 1.72. The molecule has 7 nitrogen and oxygen atoms in total. The summed E-state index contributed by atoms with van der Waals surface area (Å²) in [5.74, 6) is -0.180. The fourth-order valence-electron chi connectivity index (χ4n) is 3.52. The molecule has 32 heavy (non-hydrogen) atoms. The monoisotopic (exact) mass is 446 g/mol. The van der Waals surface area contributed by atoms with Gasteiger partial charge in [0.05, 0.1) is 14.2 Å². The number of rotatable bonds is 15. The van der Waals surface area contributed by atoms with E-state index in [1.807, 2.05) is 0 Å². The quantitative estimate of drug-likeness (QED) is 0.155. The minimum Gasteiger partial charge on any atom is -0.493 e. The van der Waals surface area contributed by atoms with E-state index in [0.29, 0.717) is 16.9 Å². The van der Waals surface area contributed by atoms with Crippen LogP contribution in [0.4, 0.5) is 0 Å². The highest BCUT2D eigenvalue weighted by Crippen LogP contribution is 2.31. The molecular weight excluding hydrogens is 412 g/mol. The molecule has 0 fully saturated rings. The van der Waals surface area contributed by atoms with Gasteiger partial charge in [-0.2, -0.15) is 0 Å². The second-order valence-electron chi connectivity index (χ2n) is 7.85. The summed E-state index contributed by atoms with van der Waals surface area (Å²) in [6.07, 6.45) is 10.6. The highest BCUT2D eigenvalue weighted by molar-refractivity contribution is 6.00. The van der Waals surface area contributed by atoms with Crippen molar-refractivity contribution < 1.29 is 28.2 Å². The number of unbranched alkanes of at least 4 members (excludes halogenated alkanes) is 8. The first kappa shape index (κ1) is 25.4. The van der Waals surface area contributed by atoms with Crippen LogP contribution in [-0.4, -0.2) is 32.6 Å². The predicted molar refractivity (Wildman–Crippen MR) is 123 cm³/mol. The summed E-state index contributed by atoms with van der Waals surface area (Å²) in [7, 11) is 2.96. The Morgan fingerprint density at radius 1 is 0.844 bits per heavy atom. The van der Waals surface area contributed by atoms with Crippen molar-refractivity contribution in [3.63, 3.8) is 0 Å². The molecule has 0 bridgehead atoms. The Hall–Kier alpha value is -2.83. The third-order valence-corrected chi connectivity index (χ3v) is 5.39. The van der Waals surface area contributed by atoms with Gasteiger partial charge in [0.2, 0.25) is 5.78 Å². The molecule has 0 aliphatic rings. The van der Waals surface area contributed by atoms with Crippen molar-refractivity contribution in [2.75, 3.05) is 20.8 Å². The molecule has 0 saturated carbocycles. The lowest BCUT2D eigenvalue weighted by molar-refractivity contribution is -0.142. The van der Waals surface area contributed by atoms with E-state index in [1.165, 1.54) is 64.9 Å². The average molecular weight is 447 g/mol. The maximum atomic E-state index is 12.4. The zero-order valence-corrected chi connectivity index (χ0v) is 19.4. The normalized spacial score (nSPS) is 10.8. The van der Waals surface area contributed by atoms with Crippen molar-refractivity contribution in [1.29, 1.82) is 0 Å². The van der Waals surface area contributed by atoms with Crippen molar-refractivity contribution in [2.24, 2.45) is 0 Å². The summed E-state index contributed by atoms with van der Waals surface area (Å²) in [5.41, 5.74) is -0.683. The van der Waals surface area contributed by atoms with Crippen LogP contribution >= 0.6 is 0 Å². The van der Waals surface area contributed by atoms with Gasteiger partial charge in [0.1, 0.15) is 11.1 Å². The van der Waals surface area contributed by atoms with E-state index in [9.17, 15) is 14.4 Å². The van der Waals surface area contributed by atoms with Gasteiger partial charge in [0.25, 0.3) is 0 Å². The summed E-state index contributed by atoms with van der Waals surface area (Å²) < 4.78 is 20.7. The fraction of sp³-hybridized carbons (Fsp3) is 0.560. The van der Waals surface area contributed by atoms with E-state index in [1.54, 1.807) is 6.07 Å². The van der Waals surface area contributed by atoms with Gasteiger partial charge < -0.3 is 18.6 Å². The first-order chi connectivity index (χ1) is 15.5. The van der Waals surface area contributed by atoms with Crippen LogP contribution in [0.2, 0.25) is 0 Å². The molecule has 2 aromatic rings. The van der Waals surface area contributed by atoms with Crippen molar-refractivity contribution in [3.8, 4) is 11.5 Å². The van der Waals surface area contributed by atoms with Crippen LogP contribution < -0.4 is 15.1 Å². The minimum absolute atomic E-state index is 0.166. The number of methoxy groups -OCH3 is 2. The molecule has 1 heterocycles. The van der Waals surface area contributed by atoms with E-state index in [0.717, 1.165) is 19.3 Å². The number of carbonyl (C=O) groups is 2. The molecule has 2 rings (SSSR count). The van der Waals surface area contributed by atoms with Crippen LogP contribution in [-0.2, 0) is 9.53 Å². The van der Waals surface area contributed by atoms with E-state index in [4.69, 9.17) is 18.6 Å². The third-order valence-electron chi connectivity index (χ3n) is 5.39. The molecule has 0 spiro atoms. The van der Waals surface area contributed by atoms with Crippen LogP contribution in [0.5, 0.6) is 11.5 Å². The Bertz CT molecular complexity index is 945. The second kappa shape index (κ2) is 13.6. The zero-order valence-electron chi connectivity index (χ0n) is 19.4. The van der Waals surface area contributed by atoms with E-state index < -0.39 is 24.0 Å². The molecule has 0 aliphatic carbocycles. The first-order valence-electron chi connectivity index (χ1n) is 11.4. The highest BCUT2D eigenvalue weighted by Gasteiger charge is 2.17. The lowest BCUT2D eigenvalue weighted by Gasteiger charge is -2.09. The Balaban J connectivity index is 1.80. The average Bonchev–Trinajstić information content (AvgIpc) is 2.80. The first-order valence-corrected chi connectivity index (χ1v) is 11.4. The molecular formula is C25H34O7. The van der Waals surface area contributed by atoms with Gasteiger partial charge in [-0.15, -0.1) is 0 Å². The standard InChI is InChI=1S/C25H34O7/c1-4-5-6-7-8-9-10-11-12-13-24(27)31-17-20(26)19-14-18-15-22(29-2)23(30-3)16-21(18)32-25(19)28/h14-16H,4-13,17H2,1-3H3. The molecule has 176 valence electrons. The van der Waals surface area contributed by atoms with Gasteiger partial charge in [0.15, 0.2) is 18.1 Å². The SMILES string of the molecule is CCCCCCCCCCCC(=O)OCC(=O)c1cc2cc(OC)c(OC)cc2oc1=O. The van der Waals surface area contributed by atoms with Gasteiger partial charge in [0, 0.05) is 17.9 Å². The van der Waals surface area contributed by atoms with Gasteiger partial charge in [-0.1, -0.05) is 58.3 Å². The van der Waals surface area contributed by atoms with Crippen molar-refractivity contribution in [3.05, 3.63) is 34.2 Å². The zero-order chi connectivity index (χ0) is 23.3. The number of esters is 1. The van der Waals surface area contributed by atoms with Crippen LogP contribution in [0.1, 0.15) is 81.5 Å². The summed E-state index contributed by atoms with van der Waals surface area (Å²) in [6, 6.07) is 4.55. The molecule has 1 aromatic heterocycles. The minimum atomic E-state index is -0.787. The van der Waals surface area contributed by atoms with Crippen molar-refractivity contribution >= 4 is 22.7 Å². The van der Waals surface area contributed by atoms with Crippen molar-refractivity contribution in [2.45, 2.75) is 71.1 Å². The van der Waals surface area contributed by atoms with E-state index >= 15 is 0 Å². The van der Waals surface area contributed by atoms with Gasteiger partial charge >= 0.3 is 11.6 Å². The Morgan fingerprint density at radius 3 is 2.06 bits per heavy atom. The molecule has 0 unspecified atom stereocenters. The molecule has 0 aliphatic heterocycles. The molecule has 0 radical (unpaired) electrons. The van der Waals surface area contributed by atoms with Gasteiger partial charge in [-0.25, -0.2) is 4.79 Å². The van der Waals surface area contributed by atoms with Crippen LogP contribution in [0, 0.1) is 0 Å². The molecule has 0 amide bonds. The number of hydrogen-bond acceptors (Lipinski definition) is 7. The smallest absolute Gasteiger partial charge is 0.347 e. The van der Waals surface area contributed by atoms with Crippen molar-refractivity contribution in [1.82, 2.24) is 0 Å². The number of ether oxygens (including phenoxy) is 3. The predicted octanol–water partition coefficient (Wildman–Crippen LogP) is 5.46. The Morgan fingerprint density at radius 2 is 1.44 bits per heavy atom. The van der Waals surface area contributed by atoms with Gasteiger partial charge in [-0.3, -0.25) is 9.59 Å². The number of hydrogen-bond donors (Lipinski definition) is 0. The molecule has 0 N–H and O–H groups in total. The fourth-order valence-corrected chi connectivity index (χ4v) is 3.52. The molecule has 1 aromatic carbocycles. The Kier molecular flexibility index (Phi) is 10.8. The maximum absolute atomic E-state index is 12.4. The number of Topliss-reactive ketones (excluding diaryl/α,β-unsaturated/α-hetero) is 1.